The van der Waals surface area contributed by atoms with Gasteiger partial charge in [0.1, 0.15) is 0 Å². The Morgan fingerprint density at radius 2 is 1.86 bits per heavy atom. The van der Waals surface area contributed by atoms with Crippen molar-refractivity contribution in [2.75, 3.05) is 20.1 Å². The zero-order valence-corrected chi connectivity index (χ0v) is 14.1. The molecule has 1 aliphatic heterocycles. The van der Waals surface area contributed by atoms with Gasteiger partial charge in [-0.2, -0.15) is 0 Å². The molecule has 1 aromatic carbocycles. The quantitative estimate of drug-likeness (QED) is 0.522. The van der Waals surface area contributed by atoms with Crippen molar-refractivity contribution in [1.29, 1.82) is 0 Å². The third-order valence-electron chi connectivity index (χ3n) is 5.12. The second kappa shape index (κ2) is 6.08. The van der Waals surface area contributed by atoms with Crippen LogP contribution in [-0.4, -0.2) is 36.5 Å². The topological polar surface area (TPSA) is 27.6 Å². The Morgan fingerprint density at radius 1 is 1.19 bits per heavy atom. The minimum Gasteiger partial charge on any atom is -0.356 e. The molecule has 1 aliphatic rings. The number of nitrogens with one attached hydrogen (secondary N) is 1. The van der Waals surface area contributed by atoms with Crippen LogP contribution in [0.15, 0.2) is 35.3 Å². The lowest BCUT2D eigenvalue weighted by Gasteiger charge is -2.62. The monoisotopic (exact) mass is 287 g/mol. The first-order valence-electron chi connectivity index (χ1n) is 7.91. The Labute approximate surface area is 129 Å². The normalized spacial score (nSPS) is 20.0. The highest BCUT2D eigenvalue weighted by molar-refractivity contribution is 5.81. The van der Waals surface area contributed by atoms with Crippen molar-refractivity contribution in [2.24, 2.45) is 10.4 Å². The number of rotatable bonds is 4. The van der Waals surface area contributed by atoms with Crippen LogP contribution in [0, 0.1) is 5.41 Å². The van der Waals surface area contributed by atoms with Gasteiger partial charge in [0.05, 0.1) is 0 Å². The average molecular weight is 287 g/mol. The number of benzene rings is 1. The molecular formula is C18H29N3. The highest BCUT2D eigenvalue weighted by Gasteiger charge is 2.53. The Morgan fingerprint density at radius 3 is 2.38 bits per heavy atom. The summed E-state index contributed by atoms with van der Waals surface area (Å²) in [6.07, 6.45) is 2.24. The molecule has 0 amide bonds. The van der Waals surface area contributed by atoms with E-state index in [9.17, 15) is 0 Å². The van der Waals surface area contributed by atoms with E-state index in [1.807, 2.05) is 7.05 Å². The summed E-state index contributed by atoms with van der Waals surface area (Å²) in [7, 11) is 1.88. The van der Waals surface area contributed by atoms with Crippen molar-refractivity contribution in [1.82, 2.24) is 10.2 Å². The molecule has 0 atom stereocenters. The molecule has 2 rings (SSSR count). The summed E-state index contributed by atoms with van der Waals surface area (Å²) in [6.45, 7) is 11.3. The smallest absolute Gasteiger partial charge is 0.194 e. The summed E-state index contributed by atoms with van der Waals surface area (Å²) >= 11 is 0. The summed E-state index contributed by atoms with van der Waals surface area (Å²) < 4.78 is 0. The van der Waals surface area contributed by atoms with Gasteiger partial charge in [-0.25, -0.2) is 0 Å². The first kappa shape index (κ1) is 15.9. The van der Waals surface area contributed by atoms with E-state index in [1.165, 1.54) is 5.56 Å². The molecule has 0 spiro atoms. The molecule has 0 bridgehead atoms. The Bertz CT molecular complexity index is 488. The summed E-state index contributed by atoms with van der Waals surface area (Å²) in [5.41, 5.74) is 1.91. The highest BCUT2D eigenvalue weighted by Crippen LogP contribution is 2.46. The molecule has 1 heterocycles. The van der Waals surface area contributed by atoms with Crippen LogP contribution in [0.25, 0.3) is 0 Å². The lowest BCUT2D eigenvalue weighted by atomic mass is 9.65. The van der Waals surface area contributed by atoms with Gasteiger partial charge >= 0.3 is 0 Å². The predicted octanol–water partition coefficient (Wildman–Crippen LogP) is 3.32. The van der Waals surface area contributed by atoms with Crippen LogP contribution in [0.5, 0.6) is 0 Å². The average Bonchev–Trinajstić information content (AvgIpc) is 2.47. The van der Waals surface area contributed by atoms with E-state index in [4.69, 9.17) is 0 Å². The van der Waals surface area contributed by atoms with Gasteiger partial charge in [0.15, 0.2) is 5.96 Å². The molecule has 1 N–H and O–H groups in total. The molecule has 3 heteroatoms. The van der Waals surface area contributed by atoms with Crippen molar-refractivity contribution in [3.63, 3.8) is 0 Å². The summed E-state index contributed by atoms with van der Waals surface area (Å²) in [6, 6.07) is 10.7. The van der Waals surface area contributed by atoms with Gasteiger partial charge in [-0.1, -0.05) is 44.2 Å². The number of likely N-dealkylation sites (tertiary alicyclic amines) is 1. The van der Waals surface area contributed by atoms with Crippen molar-refractivity contribution < 1.29 is 0 Å². The van der Waals surface area contributed by atoms with Gasteiger partial charge in [0, 0.05) is 31.1 Å². The molecule has 1 fully saturated rings. The van der Waals surface area contributed by atoms with E-state index in [-0.39, 0.29) is 5.54 Å². The lowest BCUT2D eigenvalue weighted by molar-refractivity contribution is -0.0667. The fraction of sp³-hybridized carbons (Fsp3) is 0.611. The Hall–Kier alpha value is -1.51. The molecule has 3 nitrogen and oxygen atoms in total. The number of aliphatic imine (C=N–C) groups is 1. The third kappa shape index (κ3) is 3.22. The zero-order valence-electron chi connectivity index (χ0n) is 14.1. The van der Waals surface area contributed by atoms with Crippen molar-refractivity contribution in [2.45, 2.75) is 46.1 Å². The van der Waals surface area contributed by atoms with Gasteiger partial charge in [-0.3, -0.25) is 4.99 Å². The van der Waals surface area contributed by atoms with E-state index in [2.05, 4.69) is 73.2 Å². The zero-order chi connectivity index (χ0) is 15.5. The maximum Gasteiger partial charge on any atom is 0.194 e. The van der Waals surface area contributed by atoms with E-state index < -0.39 is 0 Å². The molecular weight excluding hydrogens is 258 g/mol. The van der Waals surface area contributed by atoms with E-state index in [0.29, 0.717) is 5.41 Å². The summed E-state index contributed by atoms with van der Waals surface area (Å²) in [4.78, 5) is 6.83. The van der Waals surface area contributed by atoms with Crippen LogP contribution < -0.4 is 5.32 Å². The minimum atomic E-state index is 0.161. The van der Waals surface area contributed by atoms with Crippen LogP contribution in [0.4, 0.5) is 0 Å². The fourth-order valence-corrected chi connectivity index (χ4v) is 2.83. The first-order chi connectivity index (χ1) is 9.88. The number of hydrogen-bond acceptors (Lipinski definition) is 1. The fourth-order valence-electron chi connectivity index (χ4n) is 2.83. The van der Waals surface area contributed by atoms with Crippen molar-refractivity contribution in [3.05, 3.63) is 35.9 Å². The van der Waals surface area contributed by atoms with Gasteiger partial charge in [-0.15, -0.1) is 0 Å². The van der Waals surface area contributed by atoms with Crippen molar-refractivity contribution >= 4 is 5.96 Å². The standard InChI is InChI=1S/C18H29N3/c1-17(2)14-21(18(17,3)4)16(19-5)20-13-9-12-15-10-7-6-8-11-15/h6-8,10-11H,9,12-14H2,1-5H3,(H,19,20). The molecule has 0 saturated carbocycles. The maximum atomic E-state index is 4.45. The highest BCUT2D eigenvalue weighted by atomic mass is 15.4. The number of nitrogens with zero attached hydrogens (tertiary/aromatic N) is 2. The van der Waals surface area contributed by atoms with Crippen LogP contribution in [-0.2, 0) is 6.42 Å². The maximum absolute atomic E-state index is 4.45. The molecule has 1 aromatic rings. The molecule has 0 radical (unpaired) electrons. The second-order valence-corrected chi connectivity index (χ2v) is 7.09. The SMILES string of the molecule is CN=C(NCCCc1ccccc1)N1CC(C)(C)C1(C)C. The van der Waals surface area contributed by atoms with Gasteiger partial charge in [-0.05, 0) is 32.3 Å². The molecule has 21 heavy (non-hydrogen) atoms. The van der Waals surface area contributed by atoms with Gasteiger partial charge < -0.3 is 10.2 Å². The van der Waals surface area contributed by atoms with Gasteiger partial charge in [0.25, 0.3) is 0 Å². The number of hydrogen-bond donors (Lipinski definition) is 1. The minimum absolute atomic E-state index is 0.161. The largest absolute Gasteiger partial charge is 0.356 e. The first-order valence-corrected chi connectivity index (χ1v) is 7.91. The molecule has 0 aliphatic carbocycles. The summed E-state index contributed by atoms with van der Waals surface area (Å²) in [5.74, 6) is 1.03. The lowest BCUT2D eigenvalue weighted by Crippen LogP contribution is -2.72. The molecule has 116 valence electrons. The van der Waals surface area contributed by atoms with Crippen molar-refractivity contribution in [3.8, 4) is 0 Å². The van der Waals surface area contributed by atoms with E-state index in [1.54, 1.807) is 0 Å². The number of guanidine groups is 1. The van der Waals surface area contributed by atoms with E-state index in [0.717, 1.165) is 31.9 Å². The second-order valence-electron chi connectivity index (χ2n) is 7.09. The van der Waals surface area contributed by atoms with Crippen LogP contribution in [0.3, 0.4) is 0 Å². The molecule has 1 saturated heterocycles. The predicted molar refractivity (Wildman–Crippen MR) is 90.7 cm³/mol. The molecule has 0 unspecified atom stereocenters. The summed E-state index contributed by atoms with van der Waals surface area (Å²) in [5, 5.41) is 3.51. The Kier molecular flexibility index (Phi) is 4.60. The third-order valence-corrected chi connectivity index (χ3v) is 5.12. The Balaban J connectivity index is 1.80. The number of aryl methyl sites for hydroxylation is 1. The molecule has 0 aromatic heterocycles. The van der Waals surface area contributed by atoms with E-state index >= 15 is 0 Å². The van der Waals surface area contributed by atoms with Crippen LogP contribution >= 0.6 is 0 Å². The van der Waals surface area contributed by atoms with Gasteiger partial charge in [0.2, 0.25) is 0 Å². The van der Waals surface area contributed by atoms with Crippen LogP contribution in [0.2, 0.25) is 0 Å². The van der Waals surface area contributed by atoms with Crippen LogP contribution in [0.1, 0.15) is 39.7 Å².